The Morgan fingerprint density at radius 1 is 1.57 bits per heavy atom. The molecule has 1 aliphatic carbocycles. The summed E-state index contributed by atoms with van der Waals surface area (Å²) in [5.41, 5.74) is 1.32. The molecule has 3 nitrogen and oxygen atoms in total. The Labute approximate surface area is 86.5 Å². The number of aryl methyl sites for hydroxylation is 1. The maximum atomic E-state index is 11.6. The summed E-state index contributed by atoms with van der Waals surface area (Å²) >= 11 is 1.56. The lowest BCUT2D eigenvalue weighted by atomic mass is 9.98. The van der Waals surface area contributed by atoms with Gasteiger partial charge in [-0.1, -0.05) is 6.92 Å². The fourth-order valence-electron chi connectivity index (χ4n) is 2.01. The van der Waals surface area contributed by atoms with Crippen LogP contribution >= 0.6 is 11.3 Å². The molecule has 0 aromatic carbocycles. The number of fused-ring (bicyclic) bond motifs is 2. The number of nitrogens with one attached hydrogen (secondary N) is 1. The lowest BCUT2D eigenvalue weighted by Gasteiger charge is -2.20. The van der Waals surface area contributed by atoms with E-state index in [1.807, 2.05) is 0 Å². The van der Waals surface area contributed by atoms with Crippen LogP contribution in [0.25, 0.3) is 0 Å². The molecular formula is C10H12N2OS. The Balaban J connectivity index is 2.14. The van der Waals surface area contributed by atoms with Crippen LogP contribution in [0.3, 0.4) is 0 Å². The molecule has 2 aliphatic rings. The van der Waals surface area contributed by atoms with E-state index in [2.05, 4.69) is 17.2 Å². The van der Waals surface area contributed by atoms with Gasteiger partial charge in [-0.05, 0) is 19.3 Å². The summed E-state index contributed by atoms with van der Waals surface area (Å²) in [5, 5.41) is 4.06. The zero-order valence-corrected chi connectivity index (χ0v) is 8.91. The van der Waals surface area contributed by atoms with Crippen molar-refractivity contribution in [3.63, 3.8) is 0 Å². The maximum Gasteiger partial charge on any atom is 0.263 e. The monoisotopic (exact) mass is 208 g/mol. The Morgan fingerprint density at radius 2 is 2.36 bits per heavy atom. The second-order valence-electron chi connectivity index (χ2n) is 4.10. The van der Waals surface area contributed by atoms with E-state index in [-0.39, 0.29) is 11.3 Å². The van der Waals surface area contributed by atoms with Crippen LogP contribution in [0.15, 0.2) is 0 Å². The highest BCUT2D eigenvalue weighted by molar-refractivity contribution is 7.13. The first-order valence-electron chi connectivity index (χ1n) is 5.03. The fourth-order valence-corrected chi connectivity index (χ4v) is 3.05. The Morgan fingerprint density at radius 3 is 3.00 bits per heavy atom. The van der Waals surface area contributed by atoms with Gasteiger partial charge in [0.15, 0.2) is 0 Å². The van der Waals surface area contributed by atoms with Gasteiger partial charge in [-0.25, -0.2) is 4.98 Å². The molecule has 1 N–H and O–H groups in total. The topological polar surface area (TPSA) is 42.0 Å². The van der Waals surface area contributed by atoms with E-state index in [1.54, 1.807) is 11.3 Å². The fraction of sp³-hybridized carbons (Fsp3) is 0.600. The average Bonchev–Trinajstić information content (AvgIpc) is 2.82. The average molecular weight is 208 g/mol. The van der Waals surface area contributed by atoms with Crippen molar-refractivity contribution in [1.82, 2.24) is 10.3 Å². The molecule has 0 radical (unpaired) electrons. The van der Waals surface area contributed by atoms with E-state index in [0.717, 1.165) is 28.5 Å². The van der Waals surface area contributed by atoms with Crippen LogP contribution in [0.1, 0.15) is 40.1 Å². The summed E-state index contributed by atoms with van der Waals surface area (Å²) in [4.78, 5) is 17.0. The van der Waals surface area contributed by atoms with Gasteiger partial charge in [0.05, 0.1) is 10.7 Å². The number of hydrogen-bond donors (Lipinski definition) is 1. The smallest absolute Gasteiger partial charge is 0.263 e. The lowest BCUT2D eigenvalue weighted by molar-refractivity contribution is 0.0941. The highest BCUT2D eigenvalue weighted by atomic mass is 32.1. The summed E-state index contributed by atoms with van der Waals surface area (Å²) in [7, 11) is 0. The molecule has 14 heavy (non-hydrogen) atoms. The summed E-state index contributed by atoms with van der Waals surface area (Å²) in [6, 6.07) is 0. The van der Waals surface area contributed by atoms with Gasteiger partial charge in [0.1, 0.15) is 4.88 Å². The molecule has 4 heteroatoms. The highest BCUT2D eigenvalue weighted by Gasteiger charge is 2.51. The van der Waals surface area contributed by atoms with Gasteiger partial charge >= 0.3 is 0 Å². The van der Waals surface area contributed by atoms with E-state index >= 15 is 0 Å². The lowest BCUT2D eigenvalue weighted by Crippen LogP contribution is -2.38. The molecule has 1 saturated carbocycles. The van der Waals surface area contributed by atoms with Gasteiger partial charge in [-0.15, -0.1) is 11.3 Å². The van der Waals surface area contributed by atoms with Crippen molar-refractivity contribution in [2.45, 2.75) is 31.6 Å². The van der Waals surface area contributed by atoms with Gasteiger partial charge in [0.2, 0.25) is 0 Å². The Kier molecular flexibility index (Phi) is 1.54. The molecule has 2 heterocycles. The molecule has 0 bridgehead atoms. The number of carbonyl (C=O) groups is 1. The largest absolute Gasteiger partial charge is 0.350 e. The van der Waals surface area contributed by atoms with Crippen molar-refractivity contribution in [3.05, 3.63) is 15.6 Å². The maximum absolute atomic E-state index is 11.6. The molecule has 0 unspecified atom stereocenters. The van der Waals surface area contributed by atoms with Gasteiger partial charge in [-0.2, -0.15) is 0 Å². The molecule has 1 aliphatic heterocycles. The van der Waals surface area contributed by atoms with Crippen molar-refractivity contribution in [1.29, 1.82) is 0 Å². The minimum absolute atomic E-state index is 0.0784. The van der Waals surface area contributed by atoms with Gasteiger partial charge in [0.25, 0.3) is 5.91 Å². The van der Waals surface area contributed by atoms with Crippen LogP contribution in [0.5, 0.6) is 0 Å². The first kappa shape index (κ1) is 8.41. The quantitative estimate of drug-likeness (QED) is 0.759. The van der Waals surface area contributed by atoms with Crippen molar-refractivity contribution in [3.8, 4) is 0 Å². The highest BCUT2D eigenvalue weighted by Crippen LogP contribution is 2.50. The predicted molar refractivity (Wildman–Crippen MR) is 54.7 cm³/mol. The molecular weight excluding hydrogens is 196 g/mol. The summed E-state index contributed by atoms with van der Waals surface area (Å²) in [6.07, 6.45) is 3.31. The normalized spacial score (nSPS) is 21.9. The van der Waals surface area contributed by atoms with Gasteiger partial charge < -0.3 is 5.32 Å². The third-order valence-corrected chi connectivity index (χ3v) is 4.32. The number of thiazole rings is 1. The molecule has 1 aromatic heterocycles. The zero-order chi connectivity index (χ0) is 9.76. The van der Waals surface area contributed by atoms with Crippen molar-refractivity contribution in [2.24, 2.45) is 0 Å². The van der Waals surface area contributed by atoms with E-state index in [9.17, 15) is 4.79 Å². The van der Waals surface area contributed by atoms with Crippen molar-refractivity contribution >= 4 is 17.2 Å². The Bertz CT molecular complexity index is 406. The minimum Gasteiger partial charge on any atom is -0.350 e. The number of rotatable bonds is 1. The van der Waals surface area contributed by atoms with Crippen LogP contribution in [0.2, 0.25) is 0 Å². The number of aromatic nitrogens is 1. The molecule has 1 aromatic rings. The third-order valence-electron chi connectivity index (χ3n) is 3.12. The Hall–Kier alpha value is -0.900. The molecule has 0 atom stereocenters. The van der Waals surface area contributed by atoms with Crippen LogP contribution < -0.4 is 5.32 Å². The predicted octanol–water partition coefficient (Wildman–Crippen LogP) is 1.48. The SMILES string of the molecule is CCc1nc2c(s1)C(=O)NCC21CC1. The van der Waals surface area contributed by atoms with E-state index in [4.69, 9.17) is 0 Å². The van der Waals surface area contributed by atoms with Gasteiger partial charge in [-0.3, -0.25) is 4.79 Å². The molecule has 1 spiro atoms. The van der Waals surface area contributed by atoms with E-state index in [1.165, 1.54) is 12.8 Å². The molecule has 3 rings (SSSR count). The molecule has 1 fully saturated rings. The number of hydrogen-bond acceptors (Lipinski definition) is 3. The summed E-state index contributed by atoms with van der Waals surface area (Å²) in [5.74, 6) is 0.0784. The van der Waals surface area contributed by atoms with E-state index in [0.29, 0.717) is 0 Å². The number of carbonyl (C=O) groups excluding carboxylic acids is 1. The zero-order valence-electron chi connectivity index (χ0n) is 8.09. The second kappa shape index (κ2) is 2.57. The van der Waals surface area contributed by atoms with Crippen molar-refractivity contribution in [2.75, 3.05) is 6.54 Å². The summed E-state index contributed by atoms with van der Waals surface area (Å²) in [6.45, 7) is 2.88. The standard InChI is InChI=1S/C10H12N2OS/c1-2-6-12-8-7(14-6)9(13)11-5-10(8)3-4-10/h2-5H2,1H3,(H,11,13). The van der Waals surface area contributed by atoms with Crippen LogP contribution in [0.4, 0.5) is 0 Å². The van der Waals surface area contributed by atoms with E-state index < -0.39 is 0 Å². The van der Waals surface area contributed by atoms with Crippen LogP contribution in [-0.4, -0.2) is 17.4 Å². The van der Waals surface area contributed by atoms with Gasteiger partial charge in [0, 0.05) is 12.0 Å². The number of nitrogens with zero attached hydrogens (tertiary/aromatic N) is 1. The third kappa shape index (κ3) is 0.974. The molecule has 0 saturated heterocycles. The molecule has 74 valence electrons. The van der Waals surface area contributed by atoms with Crippen LogP contribution in [-0.2, 0) is 11.8 Å². The number of amides is 1. The second-order valence-corrected chi connectivity index (χ2v) is 5.19. The minimum atomic E-state index is 0.0784. The van der Waals surface area contributed by atoms with Crippen molar-refractivity contribution < 1.29 is 4.79 Å². The first-order valence-corrected chi connectivity index (χ1v) is 5.85. The molecule has 1 amide bonds. The summed E-state index contributed by atoms with van der Waals surface area (Å²) < 4.78 is 0. The first-order chi connectivity index (χ1) is 6.75. The van der Waals surface area contributed by atoms with Crippen LogP contribution in [0, 0.1) is 0 Å².